The van der Waals surface area contributed by atoms with Gasteiger partial charge in [0.1, 0.15) is 0 Å². The smallest absolute Gasteiger partial charge is 0.258 e. The van der Waals surface area contributed by atoms with E-state index in [9.17, 15) is 23.3 Å². The third-order valence-electron chi connectivity index (χ3n) is 2.99. The van der Waals surface area contributed by atoms with Gasteiger partial charge in [0, 0.05) is 17.4 Å². The second kappa shape index (κ2) is 6.83. The zero-order valence-electron chi connectivity index (χ0n) is 11.3. The van der Waals surface area contributed by atoms with E-state index in [0.29, 0.717) is 11.1 Å². The first kappa shape index (κ1) is 16.4. The topological polar surface area (TPSA) is 43.1 Å². The number of nitrogens with zero attached hydrogens (tertiary/aromatic N) is 1. The molecule has 1 unspecified atom stereocenters. The van der Waals surface area contributed by atoms with E-state index in [1.165, 1.54) is 18.2 Å². The maximum Gasteiger partial charge on any atom is 0.442 e. The molecule has 0 radical (unpaired) electrons. The molecular formula is C15H12F3NO2S. The minimum absolute atomic E-state index is 0.0653. The van der Waals surface area contributed by atoms with Crippen LogP contribution < -0.4 is 0 Å². The number of nitro benzene ring substituents is 1. The second-order valence-corrected chi connectivity index (χ2v) is 5.86. The van der Waals surface area contributed by atoms with Crippen molar-refractivity contribution >= 4 is 17.4 Å². The molecule has 22 heavy (non-hydrogen) atoms. The van der Waals surface area contributed by atoms with Crippen molar-refractivity contribution in [1.82, 2.24) is 0 Å². The van der Waals surface area contributed by atoms with E-state index in [2.05, 4.69) is 0 Å². The van der Waals surface area contributed by atoms with Crippen molar-refractivity contribution in [2.45, 2.75) is 17.2 Å². The summed E-state index contributed by atoms with van der Waals surface area (Å²) in [5.74, 6) is 0. The quantitative estimate of drug-likeness (QED) is 0.565. The third-order valence-corrected chi connectivity index (χ3v) is 3.98. The first-order valence-electron chi connectivity index (χ1n) is 6.38. The molecule has 0 aliphatic heterocycles. The molecule has 7 heteroatoms. The van der Waals surface area contributed by atoms with Gasteiger partial charge in [-0.15, -0.1) is 0 Å². The maximum absolute atomic E-state index is 12.8. The number of halogens is 3. The number of thioether (sulfide) groups is 1. The van der Waals surface area contributed by atoms with Crippen LogP contribution in [0.25, 0.3) is 0 Å². The summed E-state index contributed by atoms with van der Waals surface area (Å²) in [5, 5.41) is 9.91. The predicted octanol–water partition coefficient (Wildman–Crippen LogP) is 5.13. The molecule has 0 saturated heterocycles. The molecule has 0 bridgehead atoms. The Morgan fingerprint density at radius 3 is 2.36 bits per heavy atom. The lowest BCUT2D eigenvalue weighted by molar-refractivity contribution is -0.384. The lowest BCUT2D eigenvalue weighted by Gasteiger charge is -2.18. The van der Waals surface area contributed by atoms with Gasteiger partial charge in [0.25, 0.3) is 5.69 Å². The summed E-state index contributed by atoms with van der Waals surface area (Å²) < 4.78 is 38.3. The number of hydrogen-bond donors (Lipinski definition) is 0. The van der Waals surface area contributed by atoms with E-state index in [-0.39, 0.29) is 23.9 Å². The van der Waals surface area contributed by atoms with Crippen LogP contribution in [0.2, 0.25) is 0 Å². The van der Waals surface area contributed by atoms with E-state index >= 15 is 0 Å². The van der Waals surface area contributed by atoms with Gasteiger partial charge in [-0.05, 0) is 29.3 Å². The van der Waals surface area contributed by atoms with Crippen LogP contribution in [0.15, 0.2) is 54.6 Å². The molecule has 2 rings (SSSR count). The predicted molar refractivity (Wildman–Crippen MR) is 79.6 cm³/mol. The highest BCUT2D eigenvalue weighted by molar-refractivity contribution is 8.00. The van der Waals surface area contributed by atoms with E-state index in [1.54, 1.807) is 36.4 Å². The standard InChI is InChI=1S/C15H12F3NO2S/c16-15(17,18)22-14(12-6-2-1-3-7-12)10-11-5-4-8-13(9-11)19(20)21/h1-9,14H,10H2. The molecule has 2 aromatic rings. The van der Waals surface area contributed by atoms with Crippen molar-refractivity contribution < 1.29 is 18.1 Å². The first-order chi connectivity index (χ1) is 10.3. The van der Waals surface area contributed by atoms with Crippen molar-refractivity contribution in [2.24, 2.45) is 0 Å². The average molecular weight is 327 g/mol. The number of nitro groups is 1. The molecule has 1 atom stereocenters. The highest BCUT2D eigenvalue weighted by Crippen LogP contribution is 2.43. The van der Waals surface area contributed by atoms with E-state index in [0.717, 1.165) is 0 Å². The lowest BCUT2D eigenvalue weighted by atomic mass is 10.0. The van der Waals surface area contributed by atoms with E-state index in [4.69, 9.17) is 0 Å². The Labute approximate surface area is 129 Å². The van der Waals surface area contributed by atoms with Gasteiger partial charge in [-0.3, -0.25) is 10.1 Å². The van der Waals surface area contributed by atoms with Gasteiger partial charge in [0.2, 0.25) is 0 Å². The third kappa shape index (κ3) is 4.77. The van der Waals surface area contributed by atoms with Crippen molar-refractivity contribution in [3.05, 3.63) is 75.8 Å². The van der Waals surface area contributed by atoms with Crippen LogP contribution in [0.5, 0.6) is 0 Å². The molecule has 0 amide bonds. The van der Waals surface area contributed by atoms with Gasteiger partial charge in [-0.1, -0.05) is 42.5 Å². The van der Waals surface area contributed by atoms with Gasteiger partial charge in [-0.25, -0.2) is 0 Å². The Morgan fingerprint density at radius 1 is 1.09 bits per heavy atom. The zero-order chi connectivity index (χ0) is 16.2. The van der Waals surface area contributed by atoms with Crippen LogP contribution in [0.3, 0.4) is 0 Å². The molecule has 0 fully saturated rings. The van der Waals surface area contributed by atoms with E-state index in [1.807, 2.05) is 0 Å². The van der Waals surface area contributed by atoms with Crippen LogP contribution in [0, 0.1) is 10.1 Å². The largest absolute Gasteiger partial charge is 0.442 e. The summed E-state index contributed by atoms with van der Waals surface area (Å²) in [5.41, 5.74) is -3.46. The van der Waals surface area contributed by atoms with Crippen molar-refractivity contribution in [2.75, 3.05) is 0 Å². The Hall–Kier alpha value is -2.02. The van der Waals surface area contributed by atoms with Crippen LogP contribution >= 0.6 is 11.8 Å². The minimum atomic E-state index is -4.37. The molecule has 0 spiro atoms. The van der Waals surface area contributed by atoms with Crippen molar-refractivity contribution in [3.8, 4) is 0 Å². The second-order valence-electron chi connectivity index (χ2n) is 4.59. The molecule has 3 nitrogen and oxygen atoms in total. The maximum atomic E-state index is 12.8. The van der Waals surface area contributed by atoms with Gasteiger partial charge in [0.15, 0.2) is 0 Å². The Balaban J connectivity index is 2.27. The number of rotatable bonds is 5. The Bertz CT molecular complexity index is 647. The molecule has 0 saturated carbocycles. The monoisotopic (exact) mass is 327 g/mol. The summed E-state index contributed by atoms with van der Waals surface area (Å²) in [4.78, 5) is 10.2. The summed E-state index contributed by atoms with van der Waals surface area (Å²) in [6.45, 7) is 0. The fourth-order valence-corrected chi connectivity index (χ4v) is 2.96. The molecule has 116 valence electrons. The number of alkyl halides is 3. The van der Waals surface area contributed by atoms with Gasteiger partial charge >= 0.3 is 5.51 Å². The van der Waals surface area contributed by atoms with Crippen LogP contribution in [0.1, 0.15) is 16.4 Å². The molecule has 0 aliphatic carbocycles. The van der Waals surface area contributed by atoms with Gasteiger partial charge in [0.05, 0.1) is 4.92 Å². The fraction of sp³-hybridized carbons (Fsp3) is 0.200. The summed E-state index contributed by atoms with van der Waals surface area (Å²) >= 11 is -0.106. The molecular weight excluding hydrogens is 315 g/mol. The minimum Gasteiger partial charge on any atom is -0.258 e. The van der Waals surface area contributed by atoms with Crippen LogP contribution in [-0.2, 0) is 6.42 Å². The number of non-ortho nitro benzene ring substituents is 1. The highest BCUT2D eigenvalue weighted by Gasteiger charge is 2.33. The number of hydrogen-bond acceptors (Lipinski definition) is 3. The van der Waals surface area contributed by atoms with Crippen molar-refractivity contribution in [3.63, 3.8) is 0 Å². The SMILES string of the molecule is O=[N+]([O-])c1cccc(CC(SC(F)(F)F)c2ccccc2)c1. The summed E-state index contributed by atoms with van der Waals surface area (Å²) in [7, 11) is 0. The Kier molecular flexibility index (Phi) is 5.07. The average Bonchev–Trinajstić information content (AvgIpc) is 2.46. The highest BCUT2D eigenvalue weighted by atomic mass is 32.2. The van der Waals surface area contributed by atoms with Crippen LogP contribution in [-0.4, -0.2) is 10.4 Å². The molecule has 2 aromatic carbocycles. The molecule has 0 aromatic heterocycles. The molecule has 0 heterocycles. The van der Waals surface area contributed by atoms with Gasteiger partial charge < -0.3 is 0 Å². The normalized spacial score (nSPS) is 12.9. The van der Waals surface area contributed by atoms with Gasteiger partial charge in [-0.2, -0.15) is 13.2 Å². The lowest BCUT2D eigenvalue weighted by Crippen LogP contribution is -2.08. The van der Waals surface area contributed by atoms with Crippen LogP contribution in [0.4, 0.5) is 18.9 Å². The van der Waals surface area contributed by atoms with Crippen molar-refractivity contribution in [1.29, 1.82) is 0 Å². The molecule has 0 aliphatic rings. The summed E-state index contributed by atoms with van der Waals surface area (Å²) in [6, 6.07) is 14.0. The van der Waals surface area contributed by atoms with E-state index < -0.39 is 15.7 Å². The molecule has 0 N–H and O–H groups in total. The fourth-order valence-electron chi connectivity index (χ4n) is 2.07. The first-order valence-corrected chi connectivity index (χ1v) is 7.26. The zero-order valence-corrected chi connectivity index (χ0v) is 12.1. The summed E-state index contributed by atoms with van der Waals surface area (Å²) in [6.07, 6.45) is 0.0653. The number of benzene rings is 2. The Morgan fingerprint density at radius 2 is 1.77 bits per heavy atom.